The highest BCUT2D eigenvalue weighted by molar-refractivity contribution is 6.04. The fourth-order valence-electron chi connectivity index (χ4n) is 2.27. The number of carbonyl (C=O) groups excluding carboxylic acids is 2. The molecule has 0 saturated heterocycles. The molecule has 0 unspecified atom stereocenters. The molecular formula is C18H18N2O5. The molecule has 0 fully saturated rings. The van der Waals surface area contributed by atoms with E-state index < -0.39 is 4.92 Å². The molecule has 1 N–H and O–H groups in total. The first-order chi connectivity index (χ1) is 12.0. The first-order valence-electron chi connectivity index (χ1n) is 7.80. The van der Waals surface area contributed by atoms with Crippen molar-refractivity contribution in [3.63, 3.8) is 0 Å². The van der Waals surface area contributed by atoms with Crippen molar-refractivity contribution >= 4 is 23.3 Å². The summed E-state index contributed by atoms with van der Waals surface area (Å²) in [6.07, 6.45) is 0.432. The van der Waals surface area contributed by atoms with Crippen LogP contribution in [0.15, 0.2) is 48.5 Å². The Labute approximate surface area is 144 Å². The van der Waals surface area contributed by atoms with Gasteiger partial charge in [0.25, 0.3) is 11.6 Å². The maximum atomic E-state index is 12.3. The lowest BCUT2D eigenvalue weighted by Crippen LogP contribution is -2.14. The molecule has 2 rings (SSSR count). The third-order valence-electron chi connectivity index (χ3n) is 3.49. The number of aryl methyl sites for hydroxylation is 1. The number of nitro benzene ring substituents is 1. The lowest BCUT2D eigenvalue weighted by Gasteiger charge is -2.11. The van der Waals surface area contributed by atoms with E-state index in [1.165, 1.54) is 18.2 Å². The van der Waals surface area contributed by atoms with Crippen molar-refractivity contribution in [1.82, 2.24) is 0 Å². The fraction of sp³-hybridized carbons (Fsp3) is 0.222. The van der Waals surface area contributed by atoms with Crippen molar-refractivity contribution in [2.45, 2.75) is 19.8 Å². The summed E-state index contributed by atoms with van der Waals surface area (Å²) in [4.78, 5) is 34.3. The standard InChI is InChI=1S/C18H18N2O5/c1-2-25-17(21)11-9-13-8-10-15(20(23)24)12-16(13)19-18(22)14-6-4-3-5-7-14/h3-8,10,12H,2,9,11H2,1H3,(H,19,22). The van der Waals surface area contributed by atoms with Gasteiger partial charge in [-0.25, -0.2) is 0 Å². The minimum absolute atomic E-state index is 0.125. The predicted octanol–water partition coefficient (Wildman–Crippen LogP) is 3.34. The Morgan fingerprint density at radius 3 is 2.52 bits per heavy atom. The minimum atomic E-state index is -0.534. The van der Waals surface area contributed by atoms with Crippen molar-refractivity contribution in [3.05, 3.63) is 69.8 Å². The van der Waals surface area contributed by atoms with Gasteiger partial charge in [0.15, 0.2) is 0 Å². The van der Waals surface area contributed by atoms with Gasteiger partial charge in [-0.1, -0.05) is 24.3 Å². The number of hydrogen-bond donors (Lipinski definition) is 1. The maximum Gasteiger partial charge on any atom is 0.306 e. The Kier molecular flexibility index (Phi) is 6.22. The van der Waals surface area contributed by atoms with Crippen LogP contribution in [-0.2, 0) is 16.0 Å². The Bertz CT molecular complexity index is 774. The van der Waals surface area contributed by atoms with Gasteiger partial charge in [-0.3, -0.25) is 19.7 Å². The van der Waals surface area contributed by atoms with Crippen LogP contribution in [0.2, 0.25) is 0 Å². The van der Waals surface area contributed by atoms with E-state index >= 15 is 0 Å². The molecule has 0 radical (unpaired) electrons. The molecule has 2 aromatic rings. The zero-order valence-corrected chi connectivity index (χ0v) is 13.7. The monoisotopic (exact) mass is 342 g/mol. The average molecular weight is 342 g/mol. The Balaban J connectivity index is 2.22. The third-order valence-corrected chi connectivity index (χ3v) is 3.49. The molecule has 130 valence electrons. The van der Waals surface area contributed by atoms with Crippen molar-refractivity contribution in [2.24, 2.45) is 0 Å². The number of nitrogens with one attached hydrogen (secondary N) is 1. The van der Waals surface area contributed by atoms with E-state index in [0.29, 0.717) is 23.2 Å². The largest absolute Gasteiger partial charge is 0.466 e. The van der Waals surface area contributed by atoms with E-state index in [4.69, 9.17) is 4.74 Å². The van der Waals surface area contributed by atoms with E-state index in [1.807, 2.05) is 0 Å². The lowest BCUT2D eigenvalue weighted by atomic mass is 10.1. The molecule has 0 aromatic heterocycles. The highest BCUT2D eigenvalue weighted by Crippen LogP contribution is 2.24. The van der Waals surface area contributed by atoms with Crippen LogP contribution in [-0.4, -0.2) is 23.4 Å². The zero-order valence-electron chi connectivity index (χ0n) is 13.7. The number of anilines is 1. The average Bonchev–Trinajstić information content (AvgIpc) is 2.61. The Morgan fingerprint density at radius 1 is 1.16 bits per heavy atom. The molecule has 2 aromatic carbocycles. The summed E-state index contributed by atoms with van der Waals surface area (Å²) < 4.78 is 4.88. The highest BCUT2D eigenvalue weighted by Gasteiger charge is 2.15. The smallest absolute Gasteiger partial charge is 0.306 e. The second-order valence-corrected chi connectivity index (χ2v) is 5.22. The lowest BCUT2D eigenvalue weighted by molar-refractivity contribution is -0.384. The minimum Gasteiger partial charge on any atom is -0.466 e. The predicted molar refractivity (Wildman–Crippen MR) is 92.4 cm³/mol. The number of hydrogen-bond acceptors (Lipinski definition) is 5. The van der Waals surface area contributed by atoms with E-state index in [9.17, 15) is 19.7 Å². The second kappa shape index (κ2) is 8.58. The summed E-state index contributed by atoms with van der Waals surface area (Å²) in [7, 11) is 0. The summed E-state index contributed by atoms with van der Waals surface area (Å²) in [6, 6.07) is 12.7. The second-order valence-electron chi connectivity index (χ2n) is 5.22. The number of nitrogens with zero attached hydrogens (tertiary/aromatic N) is 1. The topological polar surface area (TPSA) is 98.5 Å². The summed E-state index contributed by atoms with van der Waals surface area (Å²) >= 11 is 0. The molecule has 0 heterocycles. The summed E-state index contributed by atoms with van der Waals surface area (Å²) in [6.45, 7) is 2.01. The van der Waals surface area contributed by atoms with Gasteiger partial charge >= 0.3 is 5.97 Å². The van der Waals surface area contributed by atoms with Crippen LogP contribution in [0, 0.1) is 10.1 Å². The van der Waals surface area contributed by atoms with Crippen molar-refractivity contribution in [1.29, 1.82) is 0 Å². The van der Waals surface area contributed by atoms with Gasteiger partial charge in [-0.2, -0.15) is 0 Å². The van der Waals surface area contributed by atoms with Crippen LogP contribution in [0.4, 0.5) is 11.4 Å². The van der Waals surface area contributed by atoms with Gasteiger partial charge in [-0.05, 0) is 31.0 Å². The van der Waals surface area contributed by atoms with Gasteiger partial charge in [0.1, 0.15) is 0 Å². The maximum absolute atomic E-state index is 12.3. The first-order valence-corrected chi connectivity index (χ1v) is 7.80. The molecule has 1 amide bonds. The molecule has 0 aliphatic heterocycles. The Morgan fingerprint density at radius 2 is 1.88 bits per heavy atom. The molecule has 0 bridgehead atoms. The molecule has 0 saturated carbocycles. The third kappa shape index (κ3) is 5.13. The van der Waals surface area contributed by atoms with Gasteiger partial charge in [0.05, 0.1) is 17.2 Å². The van der Waals surface area contributed by atoms with Crippen molar-refractivity contribution in [3.8, 4) is 0 Å². The van der Waals surface area contributed by atoms with Crippen molar-refractivity contribution < 1.29 is 19.2 Å². The summed E-state index contributed by atoms with van der Waals surface area (Å²) in [5.74, 6) is -0.736. The van der Waals surface area contributed by atoms with E-state index in [2.05, 4.69) is 5.32 Å². The normalized spacial score (nSPS) is 10.1. The molecule has 7 heteroatoms. The number of non-ortho nitro benzene ring substituents is 1. The van der Waals surface area contributed by atoms with Crippen LogP contribution in [0.25, 0.3) is 0 Å². The molecule has 7 nitrogen and oxygen atoms in total. The fourth-order valence-corrected chi connectivity index (χ4v) is 2.27. The van der Waals surface area contributed by atoms with Crippen LogP contribution < -0.4 is 5.32 Å². The quantitative estimate of drug-likeness (QED) is 0.473. The van der Waals surface area contributed by atoms with Crippen LogP contribution in [0.1, 0.15) is 29.3 Å². The molecule has 0 spiro atoms. The summed E-state index contributed by atoms with van der Waals surface area (Å²) in [5.41, 5.74) is 1.24. The van der Waals surface area contributed by atoms with E-state index in [1.54, 1.807) is 37.3 Å². The number of nitro groups is 1. The number of ether oxygens (including phenoxy) is 1. The first kappa shape index (κ1) is 18.1. The van der Waals surface area contributed by atoms with Gasteiger partial charge in [0.2, 0.25) is 0 Å². The molecule has 0 aliphatic rings. The van der Waals surface area contributed by atoms with Gasteiger partial charge in [-0.15, -0.1) is 0 Å². The van der Waals surface area contributed by atoms with Crippen LogP contribution in [0.5, 0.6) is 0 Å². The SMILES string of the molecule is CCOC(=O)CCc1ccc([N+](=O)[O-])cc1NC(=O)c1ccccc1. The number of esters is 1. The van der Waals surface area contributed by atoms with Crippen LogP contribution in [0.3, 0.4) is 0 Å². The van der Waals surface area contributed by atoms with E-state index in [-0.39, 0.29) is 30.6 Å². The Hall–Kier alpha value is -3.22. The van der Waals surface area contributed by atoms with Crippen LogP contribution >= 0.6 is 0 Å². The van der Waals surface area contributed by atoms with Gasteiger partial charge in [0, 0.05) is 24.1 Å². The number of benzene rings is 2. The zero-order chi connectivity index (χ0) is 18.2. The number of amides is 1. The molecule has 25 heavy (non-hydrogen) atoms. The summed E-state index contributed by atoms with van der Waals surface area (Å²) in [5, 5.41) is 13.7. The number of carbonyl (C=O) groups is 2. The molecule has 0 aliphatic carbocycles. The van der Waals surface area contributed by atoms with Gasteiger partial charge < -0.3 is 10.1 Å². The van der Waals surface area contributed by atoms with E-state index in [0.717, 1.165) is 0 Å². The highest BCUT2D eigenvalue weighted by atomic mass is 16.6. The molecule has 0 atom stereocenters. The van der Waals surface area contributed by atoms with Crippen molar-refractivity contribution in [2.75, 3.05) is 11.9 Å². The number of rotatable bonds is 7. The molecular weight excluding hydrogens is 324 g/mol.